The lowest BCUT2D eigenvalue weighted by atomic mass is 9.90. The first-order valence-corrected chi connectivity index (χ1v) is 10.6. The third-order valence-electron chi connectivity index (χ3n) is 5.64. The Balaban J connectivity index is 1.39. The number of rotatable bonds is 5. The highest BCUT2D eigenvalue weighted by Gasteiger charge is 2.24. The molecule has 1 aliphatic rings. The number of benzene rings is 1. The van der Waals surface area contributed by atoms with E-state index in [9.17, 15) is 5.26 Å². The Labute approximate surface area is 191 Å². The first-order chi connectivity index (χ1) is 15.9. The van der Waals surface area contributed by atoms with Crippen LogP contribution in [0.5, 0.6) is 0 Å². The number of hydrogen-bond donors (Lipinski definition) is 1. The first-order valence-electron chi connectivity index (χ1n) is 10.6. The molecule has 9 heteroatoms. The van der Waals surface area contributed by atoms with Crippen molar-refractivity contribution in [2.24, 2.45) is 5.73 Å². The van der Waals surface area contributed by atoms with Crippen LogP contribution in [0.25, 0.3) is 34.3 Å². The van der Waals surface area contributed by atoms with Crippen LogP contribution in [0.3, 0.4) is 0 Å². The van der Waals surface area contributed by atoms with Gasteiger partial charge in [-0.1, -0.05) is 0 Å². The summed E-state index contributed by atoms with van der Waals surface area (Å²) in [7, 11) is 0. The maximum absolute atomic E-state index is 9.41. The van der Waals surface area contributed by atoms with Gasteiger partial charge in [-0.15, -0.1) is 10.2 Å². The number of nitrogens with two attached hydrogens (primary N) is 1. The molecule has 0 bridgehead atoms. The summed E-state index contributed by atoms with van der Waals surface area (Å²) in [5.41, 5.74) is 9.66. The normalized spacial score (nSPS) is 14.1. The van der Waals surface area contributed by atoms with Crippen molar-refractivity contribution in [2.45, 2.75) is 25.3 Å². The SMILES string of the molecule is CC(C)(C#N)c1cc(-c2cncc(-c3nnc(-c4ccc(N5CC(N)C5)cc4)o3)n2)ccn1. The predicted molar refractivity (Wildman–Crippen MR) is 123 cm³/mol. The van der Waals surface area contributed by atoms with E-state index in [2.05, 4.69) is 36.1 Å². The Morgan fingerprint density at radius 2 is 1.76 bits per heavy atom. The fourth-order valence-electron chi connectivity index (χ4n) is 3.58. The van der Waals surface area contributed by atoms with Gasteiger partial charge in [-0.05, 0) is 50.2 Å². The number of aromatic nitrogens is 5. The summed E-state index contributed by atoms with van der Waals surface area (Å²) in [6.45, 7) is 5.39. The molecule has 1 saturated heterocycles. The molecule has 0 unspecified atom stereocenters. The molecule has 4 heterocycles. The van der Waals surface area contributed by atoms with Crippen molar-refractivity contribution >= 4 is 5.69 Å². The van der Waals surface area contributed by atoms with Crippen molar-refractivity contribution in [3.63, 3.8) is 0 Å². The van der Waals surface area contributed by atoms with E-state index in [4.69, 9.17) is 10.2 Å². The summed E-state index contributed by atoms with van der Waals surface area (Å²) in [5, 5.41) is 17.8. The van der Waals surface area contributed by atoms with E-state index >= 15 is 0 Å². The molecule has 0 spiro atoms. The number of hydrogen-bond acceptors (Lipinski definition) is 9. The zero-order chi connectivity index (χ0) is 23.0. The van der Waals surface area contributed by atoms with Gasteiger partial charge in [0.05, 0.1) is 35.3 Å². The Morgan fingerprint density at radius 1 is 1.03 bits per heavy atom. The molecule has 0 atom stereocenters. The number of pyridine rings is 1. The van der Waals surface area contributed by atoms with Crippen LogP contribution in [-0.2, 0) is 5.41 Å². The number of nitrogens with zero attached hydrogens (tertiary/aromatic N) is 7. The van der Waals surface area contributed by atoms with E-state index in [1.165, 1.54) is 0 Å². The Hall–Kier alpha value is -4.16. The Morgan fingerprint density at radius 3 is 2.48 bits per heavy atom. The van der Waals surface area contributed by atoms with Gasteiger partial charge in [-0.3, -0.25) is 9.97 Å². The second kappa shape index (κ2) is 8.07. The molecule has 0 radical (unpaired) electrons. The molecule has 164 valence electrons. The molecule has 1 aliphatic heterocycles. The summed E-state index contributed by atoms with van der Waals surface area (Å²) >= 11 is 0. The maximum Gasteiger partial charge on any atom is 0.268 e. The van der Waals surface area contributed by atoms with Crippen LogP contribution in [0.4, 0.5) is 5.69 Å². The third kappa shape index (κ3) is 4.04. The van der Waals surface area contributed by atoms with Crippen LogP contribution in [0.15, 0.2) is 59.4 Å². The molecular weight excluding hydrogens is 416 g/mol. The van der Waals surface area contributed by atoms with Gasteiger partial charge in [0.15, 0.2) is 0 Å². The van der Waals surface area contributed by atoms with Gasteiger partial charge in [0, 0.05) is 42.1 Å². The maximum atomic E-state index is 9.41. The summed E-state index contributed by atoms with van der Waals surface area (Å²) in [4.78, 5) is 15.5. The molecule has 0 amide bonds. The summed E-state index contributed by atoms with van der Waals surface area (Å²) in [6.07, 6.45) is 4.90. The lowest BCUT2D eigenvalue weighted by Crippen LogP contribution is -2.55. The number of nitriles is 1. The average molecular weight is 438 g/mol. The van der Waals surface area contributed by atoms with Crippen molar-refractivity contribution in [2.75, 3.05) is 18.0 Å². The molecule has 5 rings (SSSR count). The van der Waals surface area contributed by atoms with Crippen LogP contribution in [-0.4, -0.2) is 44.3 Å². The molecule has 4 aromatic rings. The van der Waals surface area contributed by atoms with Crippen molar-refractivity contribution in [1.82, 2.24) is 25.1 Å². The van der Waals surface area contributed by atoms with Crippen LogP contribution in [0, 0.1) is 11.3 Å². The van der Waals surface area contributed by atoms with Crippen LogP contribution in [0.2, 0.25) is 0 Å². The van der Waals surface area contributed by atoms with Gasteiger partial charge in [0.2, 0.25) is 5.89 Å². The van der Waals surface area contributed by atoms with Gasteiger partial charge >= 0.3 is 0 Å². The van der Waals surface area contributed by atoms with E-state index in [0.29, 0.717) is 23.0 Å². The molecule has 0 aliphatic carbocycles. The lowest BCUT2D eigenvalue weighted by Gasteiger charge is -2.38. The van der Waals surface area contributed by atoms with Gasteiger partial charge in [0.25, 0.3) is 5.89 Å². The third-order valence-corrected chi connectivity index (χ3v) is 5.64. The first kappa shape index (κ1) is 20.7. The largest absolute Gasteiger partial charge is 0.415 e. The Bertz CT molecular complexity index is 1330. The molecule has 9 nitrogen and oxygen atoms in total. The topological polar surface area (TPSA) is 131 Å². The second-order valence-electron chi connectivity index (χ2n) is 8.58. The molecule has 0 saturated carbocycles. The average Bonchev–Trinajstić information content (AvgIpc) is 3.33. The zero-order valence-corrected chi connectivity index (χ0v) is 18.3. The van der Waals surface area contributed by atoms with E-state index in [1.54, 1.807) is 18.6 Å². The van der Waals surface area contributed by atoms with Crippen LogP contribution >= 0.6 is 0 Å². The van der Waals surface area contributed by atoms with Gasteiger partial charge in [-0.25, -0.2) is 4.98 Å². The molecular formula is C24H22N8O. The molecule has 3 aromatic heterocycles. The Kier molecular flexibility index (Phi) is 5.07. The lowest BCUT2D eigenvalue weighted by molar-refractivity contribution is 0.519. The highest BCUT2D eigenvalue weighted by molar-refractivity contribution is 5.63. The highest BCUT2D eigenvalue weighted by atomic mass is 16.4. The minimum atomic E-state index is -0.709. The number of anilines is 1. The predicted octanol–water partition coefficient (Wildman–Crippen LogP) is 3.20. The van der Waals surface area contributed by atoms with Crippen molar-refractivity contribution < 1.29 is 4.42 Å². The summed E-state index contributed by atoms with van der Waals surface area (Å²) < 4.78 is 5.89. The molecule has 1 fully saturated rings. The second-order valence-corrected chi connectivity index (χ2v) is 8.58. The fourth-order valence-corrected chi connectivity index (χ4v) is 3.58. The summed E-state index contributed by atoms with van der Waals surface area (Å²) in [5.74, 6) is 0.690. The highest BCUT2D eigenvalue weighted by Crippen LogP contribution is 2.28. The molecule has 33 heavy (non-hydrogen) atoms. The van der Waals surface area contributed by atoms with E-state index in [-0.39, 0.29) is 11.9 Å². The van der Waals surface area contributed by atoms with E-state index < -0.39 is 5.41 Å². The van der Waals surface area contributed by atoms with Gasteiger partial charge in [0.1, 0.15) is 5.69 Å². The smallest absolute Gasteiger partial charge is 0.268 e. The zero-order valence-electron chi connectivity index (χ0n) is 18.3. The monoisotopic (exact) mass is 438 g/mol. The van der Waals surface area contributed by atoms with Crippen LogP contribution in [0.1, 0.15) is 19.5 Å². The van der Waals surface area contributed by atoms with E-state index in [0.717, 1.165) is 29.9 Å². The molecule has 2 N–H and O–H groups in total. The van der Waals surface area contributed by atoms with Crippen molar-refractivity contribution in [3.05, 3.63) is 60.7 Å². The minimum absolute atomic E-state index is 0.247. The van der Waals surface area contributed by atoms with Crippen molar-refractivity contribution in [1.29, 1.82) is 5.26 Å². The van der Waals surface area contributed by atoms with Gasteiger partial charge in [-0.2, -0.15) is 5.26 Å². The van der Waals surface area contributed by atoms with Gasteiger partial charge < -0.3 is 15.1 Å². The molecule has 1 aromatic carbocycles. The fraction of sp³-hybridized carbons (Fsp3) is 0.250. The minimum Gasteiger partial charge on any atom is -0.415 e. The quantitative estimate of drug-likeness (QED) is 0.499. The van der Waals surface area contributed by atoms with Crippen molar-refractivity contribution in [3.8, 4) is 40.4 Å². The van der Waals surface area contributed by atoms with Crippen LogP contribution < -0.4 is 10.6 Å². The standard InChI is InChI=1S/C24H22N8O/c1-24(2,14-25)21-9-16(7-8-28-21)19-10-27-11-20(29-19)23-31-30-22(33-23)15-3-5-18(6-4-15)32-12-17(26)13-32/h3-11,17H,12-13,26H2,1-2H3. The summed E-state index contributed by atoms with van der Waals surface area (Å²) in [6, 6.07) is 14.1. The van der Waals surface area contributed by atoms with E-state index in [1.807, 2.05) is 50.2 Å².